The van der Waals surface area contributed by atoms with E-state index < -0.39 is 0 Å². The summed E-state index contributed by atoms with van der Waals surface area (Å²) in [5.41, 5.74) is 3.61. The molecule has 0 aliphatic heterocycles. The first-order chi connectivity index (χ1) is 9.13. The highest BCUT2D eigenvalue weighted by atomic mass is 35.5. The van der Waals surface area contributed by atoms with Crippen molar-refractivity contribution in [3.05, 3.63) is 28.8 Å². The van der Waals surface area contributed by atoms with E-state index in [4.69, 9.17) is 16.3 Å². The van der Waals surface area contributed by atoms with Gasteiger partial charge in [0, 0.05) is 5.88 Å². The topological polar surface area (TPSA) is 9.23 Å². The second kappa shape index (κ2) is 6.65. The molecular weight excluding hydrogens is 256 g/mol. The van der Waals surface area contributed by atoms with Crippen LogP contribution in [0.25, 0.3) is 0 Å². The normalized spacial score (nSPS) is 23.4. The van der Waals surface area contributed by atoms with E-state index in [1.54, 1.807) is 0 Å². The third kappa shape index (κ3) is 3.66. The zero-order chi connectivity index (χ0) is 13.8. The van der Waals surface area contributed by atoms with Crippen LogP contribution in [0, 0.1) is 19.8 Å². The minimum absolute atomic E-state index is 0.401. The lowest BCUT2D eigenvalue weighted by atomic mass is 9.85. The van der Waals surface area contributed by atoms with Crippen LogP contribution in [0.2, 0.25) is 0 Å². The first kappa shape index (κ1) is 14.7. The van der Waals surface area contributed by atoms with E-state index in [9.17, 15) is 0 Å². The molecule has 0 spiro atoms. The molecule has 1 aromatic rings. The standard InChI is InChI=1S/C17H25ClO/c1-4-14-6-5-7-16(10-14)19-17-12(2)8-15(11-18)9-13(17)3/h8-9,14,16H,4-7,10-11H2,1-3H3. The molecule has 1 nitrogen and oxygen atoms in total. The Kier molecular flexibility index (Phi) is 5.15. The van der Waals surface area contributed by atoms with Crippen molar-refractivity contribution in [1.29, 1.82) is 0 Å². The van der Waals surface area contributed by atoms with Gasteiger partial charge in [0.2, 0.25) is 0 Å². The van der Waals surface area contributed by atoms with Gasteiger partial charge in [-0.05, 0) is 55.7 Å². The average molecular weight is 281 g/mol. The van der Waals surface area contributed by atoms with Crippen molar-refractivity contribution in [2.75, 3.05) is 0 Å². The predicted molar refractivity (Wildman–Crippen MR) is 82.1 cm³/mol. The smallest absolute Gasteiger partial charge is 0.125 e. The largest absolute Gasteiger partial charge is 0.490 e. The molecule has 1 aromatic carbocycles. The summed E-state index contributed by atoms with van der Waals surface area (Å²) < 4.78 is 6.31. The summed E-state index contributed by atoms with van der Waals surface area (Å²) in [6, 6.07) is 4.30. The lowest BCUT2D eigenvalue weighted by Gasteiger charge is -2.30. The van der Waals surface area contributed by atoms with Gasteiger partial charge in [-0.25, -0.2) is 0 Å². The van der Waals surface area contributed by atoms with Crippen molar-refractivity contribution in [2.24, 2.45) is 5.92 Å². The molecule has 106 valence electrons. The Balaban J connectivity index is 2.10. The predicted octanol–water partition coefficient (Wildman–Crippen LogP) is 5.39. The van der Waals surface area contributed by atoms with Gasteiger partial charge in [-0.3, -0.25) is 0 Å². The molecule has 1 saturated carbocycles. The number of aryl methyl sites for hydroxylation is 2. The van der Waals surface area contributed by atoms with Crippen LogP contribution >= 0.6 is 11.6 Å². The molecule has 19 heavy (non-hydrogen) atoms. The van der Waals surface area contributed by atoms with Gasteiger partial charge in [0.1, 0.15) is 5.75 Å². The summed E-state index contributed by atoms with van der Waals surface area (Å²) in [6.07, 6.45) is 6.78. The van der Waals surface area contributed by atoms with E-state index in [1.807, 2.05) is 0 Å². The Morgan fingerprint density at radius 3 is 2.47 bits per heavy atom. The van der Waals surface area contributed by atoms with Crippen molar-refractivity contribution in [3.63, 3.8) is 0 Å². The lowest BCUT2D eigenvalue weighted by molar-refractivity contribution is 0.120. The second-order valence-corrected chi connectivity index (χ2v) is 6.14. The molecular formula is C17H25ClO. The van der Waals surface area contributed by atoms with Crippen molar-refractivity contribution in [3.8, 4) is 5.75 Å². The maximum absolute atomic E-state index is 6.31. The number of rotatable bonds is 4. The second-order valence-electron chi connectivity index (χ2n) is 5.87. The van der Waals surface area contributed by atoms with E-state index in [2.05, 4.69) is 32.9 Å². The third-order valence-electron chi connectivity index (χ3n) is 4.27. The van der Waals surface area contributed by atoms with Gasteiger partial charge >= 0.3 is 0 Å². The number of ether oxygens (including phenoxy) is 1. The highest BCUT2D eigenvalue weighted by molar-refractivity contribution is 6.17. The molecule has 0 bridgehead atoms. The van der Waals surface area contributed by atoms with Crippen LogP contribution in [0.15, 0.2) is 12.1 Å². The molecule has 0 radical (unpaired) electrons. The van der Waals surface area contributed by atoms with Gasteiger partial charge < -0.3 is 4.74 Å². The summed E-state index contributed by atoms with van der Waals surface area (Å²) in [6.45, 7) is 6.54. The third-order valence-corrected chi connectivity index (χ3v) is 4.58. The van der Waals surface area contributed by atoms with Gasteiger partial charge in [-0.2, -0.15) is 0 Å². The molecule has 0 N–H and O–H groups in total. The molecule has 1 aliphatic carbocycles. The molecule has 2 atom stereocenters. The number of hydrogen-bond acceptors (Lipinski definition) is 1. The minimum atomic E-state index is 0.401. The summed E-state index contributed by atoms with van der Waals surface area (Å²) in [4.78, 5) is 0. The molecule has 2 rings (SSSR count). The fourth-order valence-corrected chi connectivity index (χ4v) is 3.34. The number of benzene rings is 1. The molecule has 0 heterocycles. The van der Waals surface area contributed by atoms with Gasteiger partial charge in [0.05, 0.1) is 6.10 Å². The first-order valence-electron chi connectivity index (χ1n) is 7.46. The Bertz CT molecular complexity index is 404. The minimum Gasteiger partial charge on any atom is -0.490 e. The number of hydrogen-bond donors (Lipinski definition) is 0. The zero-order valence-electron chi connectivity index (χ0n) is 12.3. The average Bonchev–Trinajstić information content (AvgIpc) is 2.42. The molecule has 0 aromatic heterocycles. The maximum atomic E-state index is 6.31. The highest BCUT2D eigenvalue weighted by Gasteiger charge is 2.23. The van der Waals surface area contributed by atoms with E-state index in [-0.39, 0.29) is 0 Å². The van der Waals surface area contributed by atoms with E-state index in [1.165, 1.54) is 48.8 Å². The fraction of sp³-hybridized carbons (Fsp3) is 0.647. The maximum Gasteiger partial charge on any atom is 0.125 e. The zero-order valence-corrected chi connectivity index (χ0v) is 13.1. The summed E-state index contributed by atoms with van der Waals surface area (Å²) in [5, 5.41) is 0. The monoisotopic (exact) mass is 280 g/mol. The Morgan fingerprint density at radius 1 is 1.21 bits per heavy atom. The molecule has 2 unspecified atom stereocenters. The van der Waals surface area contributed by atoms with Crippen LogP contribution in [0.4, 0.5) is 0 Å². The van der Waals surface area contributed by atoms with Crippen molar-refractivity contribution < 1.29 is 4.74 Å². The first-order valence-corrected chi connectivity index (χ1v) is 8.00. The van der Waals surface area contributed by atoms with Crippen LogP contribution in [0.5, 0.6) is 5.75 Å². The highest BCUT2D eigenvalue weighted by Crippen LogP contribution is 2.33. The van der Waals surface area contributed by atoms with Gasteiger partial charge in [0.25, 0.3) is 0 Å². The van der Waals surface area contributed by atoms with Crippen LogP contribution in [-0.2, 0) is 5.88 Å². The summed E-state index contributed by atoms with van der Waals surface area (Å²) in [7, 11) is 0. The van der Waals surface area contributed by atoms with Crippen LogP contribution < -0.4 is 4.74 Å². The van der Waals surface area contributed by atoms with Gasteiger partial charge in [-0.1, -0.05) is 31.9 Å². The molecule has 2 heteroatoms. The lowest BCUT2D eigenvalue weighted by Crippen LogP contribution is -2.25. The quantitative estimate of drug-likeness (QED) is 0.672. The van der Waals surface area contributed by atoms with Gasteiger partial charge in [-0.15, -0.1) is 11.6 Å². The van der Waals surface area contributed by atoms with Crippen LogP contribution in [-0.4, -0.2) is 6.10 Å². The molecule has 0 amide bonds. The number of alkyl halides is 1. The molecule has 1 fully saturated rings. The van der Waals surface area contributed by atoms with Crippen LogP contribution in [0.3, 0.4) is 0 Å². The fourth-order valence-electron chi connectivity index (χ4n) is 3.19. The van der Waals surface area contributed by atoms with Gasteiger partial charge in [0.15, 0.2) is 0 Å². The molecule has 1 aliphatic rings. The summed E-state index contributed by atoms with van der Waals surface area (Å²) >= 11 is 5.91. The molecule has 0 saturated heterocycles. The van der Waals surface area contributed by atoms with Crippen molar-refractivity contribution in [2.45, 2.75) is 64.9 Å². The number of halogens is 1. The van der Waals surface area contributed by atoms with Crippen molar-refractivity contribution >= 4 is 11.6 Å². The van der Waals surface area contributed by atoms with E-state index in [0.717, 1.165) is 11.7 Å². The van der Waals surface area contributed by atoms with E-state index >= 15 is 0 Å². The summed E-state index contributed by atoms with van der Waals surface area (Å²) in [5.74, 6) is 2.50. The van der Waals surface area contributed by atoms with Crippen LogP contribution in [0.1, 0.15) is 55.7 Å². The Labute approximate surface area is 122 Å². The SMILES string of the molecule is CCC1CCCC(Oc2c(C)cc(CCl)cc2C)C1. The van der Waals surface area contributed by atoms with Crippen molar-refractivity contribution in [1.82, 2.24) is 0 Å². The Hall–Kier alpha value is -0.690. The van der Waals surface area contributed by atoms with E-state index in [0.29, 0.717) is 12.0 Å². The Morgan fingerprint density at radius 2 is 1.89 bits per heavy atom.